The Morgan fingerprint density at radius 2 is 2.12 bits per heavy atom. The van der Waals surface area contributed by atoms with Crippen LogP contribution in [0.5, 0.6) is 0 Å². The topological polar surface area (TPSA) is 26.0 Å². The maximum atomic E-state index is 4.66. The third kappa shape index (κ3) is 2.09. The first-order valence-electron chi connectivity index (χ1n) is 2.11. The summed E-state index contributed by atoms with van der Waals surface area (Å²) in [4.78, 5) is 0. The van der Waals surface area contributed by atoms with Crippen molar-refractivity contribution in [1.82, 2.24) is 5.16 Å². The Hall–Kier alpha value is 1.02. The van der Waals surface area contributed by atoms with Gasteiger partial charge < -0.3 is 4.52 Å². The molecule has 0 aromatic carbocycles. The van der Waals surface area contributed by atoms with E-state index < -0.39 is 0 Å². The molecule has 1 heterocycles. The molecule has 0 spiro atoms. The summed E-state index contributed by atoms with van der Waals surface area (Å²) in [7, 11) is 0. The van der Waals surface area contributed by atoms with Gasteiger partial charge in [-0.15, -0.1) is 0 Å². The van der Waals surface area contributed by atoms with Crippen molar-refractivity contribution in [3.63, 3.8) is 0 Å². The Morgan fingerprint density at radius 3 is 2.25 bits per heavy atom. The monoisotopic (exact) mass is 181 g/mol. The summed E-state index contributed by atoms with van der Waals surface area (Å²) in [6.45, 7) is 3.77. The zero-order valence-electron chi connectivity index (χ0n) is 5.36. The van der Waals surface area contributed by atoms with Crippen LogP contribution in [0.3, 0.4) is 0 Å². The van der Waals surface area contributed by atoms with Crippen LogP contribution >= 0.6 is 0 Å². The van der Waals surface area contributed by atoms with Gasteiger partial charge in [0.05, 0.1) is 0 Å². The Balaban J connectivity index is 0.000000490. The van der Waals surface area contributed by atoms with Crippen LogP contribution in [-0.2, 0) is 0 Å². The molecule has 1 rings (SSSR count). The standard InChI is InChI=1S/C5H6NO.Rb/c1-4-3-6-7-5(4)2;/h1-2H3;/q-1;+1. The van der Waals surface area contributed by atoms with E-state index in [0.29, 0.717) is 0 Å². The van der Waals surface area contributed by atoms with Gasteiger partial charge in [-0.2, -0.15) is 5.56 Å². The van der Waals surface area contributed by atoms with Crippen molar-refractivity contribution in [2.45, 2.75) is 13.8 Å². The molecule has 0 atom stereocenters. The molecular formula is C5H6NORb. The van der Waals surface area contributed by atoms with Crippen molar-refractivity contribution in [2.24, 2.45) is 0 Å². The van der Waals surface area contributed by atoms with Crippen LogP contribution in [-0.4, -0.2) is 5.16 Å². The second kappa shape index (κ2) is 3.93. The number of hydrogen-bond donors (Lipinski definition) is 0. The molecule has 0 aliphatic heterocycles. The third-order valence-electron chi connectivity index (χ3n) is 0.924. The molecule has 0 saturated carbocycles. The summed E-state index contributed by atoms with van der Waals surface area (Å²) >= 11 is 0. The number of rotatable bonds is 0. The Morgan fingerprint density at radius 1 is 1.50 bits per heavy atom. The molecule has 0 bridgehead atoms. The normalized spacial score (nSPS) is 8.25. The van der Waals surface area contributed by atoms with Crippen molar-refractivity contribution >= 4 is 0 Å². The maximum absolute atomic E-state index is 4.66. The van der Waals surface area contributed by atoms with Crippen molar-refractivity contribution in [3.05, 3.63) is 17.5 Å². The van der Waals surface area contributed by atoms with E-state index in [1.807, 2.05) is 13.8 Å². The Bertz CT molecular complexity index is 145. The number of nitrogens with zero attached hydrogens (tertiary/aromatic N) is 1. The number of aryl methyl sites for hydroxylation is 2. The van der Waals surface area contributed by atoms with Crippen molar-refractivity contribution in [3.8, 4) is 0 Å². The predicted octanol–water partition coefficient (Wildman–Crippen LogP) is -1.90. The second-order valence-electron chi connectivity index (χ2n) is 1.48. The van der Waals surface area contributed by atoms with Gasteiger partial charge in [0.25, 0.3) is 0 Å². The molecule has 0 saturated heterocycles. The van der Waals surface area contributed by atoms with Crippen LogP contribution < -0.4 is 58.2 Å². The van der Waals surface area contributed by atoms with Gasteiger partial charge in [-0.3, -0.25) is 0 Å². The zero-order chi connectivity index (χ0) is 5.28. The van der Waals surface area contributed by atoms with E-state index in [2.05, 4.69) is 15.9 Å². The van der Waals surface area contributed by atoms with Crippen LogP contribution in [0.1, 0.15) is 11.3 Å². The molecule has 0 N–H and O–H groups in total. The van der Waals surface area contributed by atoms with E-state index in [1.165, 1.54) is 0 Å². The summed E-state index contributed by atoms with van der Waals surface area (Å²) < 4.78 is 4.66. The van der Waals surface area contributed by atoms with Gasteiger partial charge >= 0.3 is 58.2 Å². The first-order chi connectivity index (χ1) is 3.30. The molecule has 0 fully saturated rings. The average molecular weight is 182 g/mol. The summed E-state index contributed by atoms with van der Waals surface area (Å²) in [6.07, 6.45) is 2.65. The molecule has 0 amide bonds. The molecular weight excluding hydrogens is 176 g/mol. The molecule has 0 unspecified atom stereocenters. The first-order valence-corrected chi connectivity index (χ1v) is 2.11. The largest absolute Gasteiger partial charge is 1.00 e. The van der Waals surface area contributed by atoms with Crippen molar-refractivity contribution < 1.29 is 62.7 Å². The summed E-state index contributed by atoms with van der Waals surface area (Å²) in [5, 5.41) is 3.42. The van der Waals surface area contributed by atoms with E-state index in [1.54, 1.807) is 0 Å². The molecule has 0 aliphatic rings. The van der Waals surface area contributed by atoms with Crippen LogP contribution in [0.4, 0.5) is 0 Å². The molecule has 2 nitrogen and oxygen atoms in total. The van der Waals surface area contributed by atoms with Gasteiger partial charge in [0.1, 0.15) is 0 Å². The van der Waals surface area contributed by atoms with Gasteiger partial charge in [-0.05, 0) is 5.76 Å². The molecule has 1 aromatic heterocycles. The van der Waals surface area contributed by atoms with E-state index in [9.17, 15) is 0 Å². The van der Waals surface area contributed by atoms with E-state index in [0.717, 1.165) is 11.3 Å². The average Bonchev–Trinajstić information content (AvgIpc) is 1.91. The summed E-state index contributed by atoms with van der Waals surface area (Å²) in [6, 6.07) is 0. The van der Waals surface area contributed by atoms with E-state index >= 15 is 0 Å². The van der Waals surface area contributed by atoms with Gasteiger partial charge in [-0.25, -0.2) is 5.16 Å². The van der Waals surface area contributed by atoms with Gasteiger partial charge in [0.2, 0.25) is 0 Å². The number of aromatic nitrogens is 1. The van der Waals surface area contributed by atoms with Gasteiger partial charge in [-0.1, -0.05) is 20.0 Å². The molecule has 8 heavy (non-hydrogen) atoms. The van der Waals surface area contributed by atoms with Crippen molar-refractivity contribution in [2.75, 3.05) is 0 Å². The minimum absolute atomic E-state index is 0. The number of hydrogen-bond acceptors (Lipinski definition) is 2. The van der Waals surface area contributed by atoms with Gasteiger partial charge in [0, 0.05) is 0 Å². The third-order valence-corrected chi connectivity index (χ3v) is 0.924. The molecule has 0 aliphatic carbocycles. The fraction of sp³-hybridized carbons (Fsp3) is 0.400. The fourth-order valence-corrected chi connectivity index (χ4v) is 0.307. The predicted molar refractivity (Wildman–Crippen MR) is 24.8 cm³/mol. The van der Waals surface area contributed by atoms with E-state index in [-0.39, 0.29) is 58.2 Å². The fourth-order valence-electron chi connectivity index (χ4n) is 0.307. The summed E-state index contributed by atoms with van der Waals surface area (Å²) in [5.74, 6) is 0.847. The van der Waals surface area contributed by atoms with Gasteiger partial charge in [0.15, 0.2) is 0 Å². The Labute approximate surface area is 97.4 Å². The molecule has 38 valence electrons. The van der Waals surface area contributed by atoms with E-state index in [4.69, 9.17) is 0 Å². The van der Waals surface area contributed by atoms with Crippen molar-refractivity contribution in [1.29, 1.82) is 0 Å². The quantitative estimate of drug-likeness (QED) is 0.437. The Kier molecular flexibility index (Phi) is 4.43. The first kappa shape index (κ1) is 9.02. The summed E-state index contributed by atoms with van der Waals surface area (Å²) in [5.41, 5.74) is 0.986. The zero-order valence-corrected chi connectivity index (χ0v) is 10.3. The molecule has 1 aromatic rings. The van der Waals surface area contributed by atoms with Crippen LogP contribution in [0, 0.1) is 20.0 Å². The molecule has 0 radical (unpaired) electrons. The van der Waals surface area contributed by atoms with Crippen LogP contribution in [0.25, 0.3) is 0 Å². The second-order valence-corrected chi connectivity index (χ2v) is 1.48. The minimum atomic E-state index is 0. The molecule has 3 heteroatoms. The van der Waals surface area contributed by atoms with Crippen LogP contribution in [0.15, 0.2) is 4.52 Å². The SMILES string of the molecule is Cc1[c-]noc1C.[Rb+]. The minimum Gasteiger partial charge on any atom is -0.470 e. The maximum Gasteiger partial charge on any atom is 1.00 e. The smallest absolute Gasteiger partial charge is 0.470 e. The van der Waals surface area contributed by atoms with Crippen LogP contribution in [0.2, 0.25) is 0 Å².